The number of aliphatic carboxylic acids is 1. The van der Waals surface area contributed by atoms with Crippen molar-refractivity contribution in [2.24, 2.45) is 0 Å². The van der Waals surface area contributed by atoms with Gasteiger partial charge in [0.1, 0.15) is 0 Å². The minimum atomic E-state index is -0.825. The van der Waals surface area contributed by atoms with E-state index in [4.69, 9.17) is 9.84 Å². The molecule has 0 heterocycles. The molecular weight excluding hydrogens is 252 g/mol. The maximum absolute atomic E-state index is 10.8. The summed E-state index contributed by atoms with van der Waals surface area (Å²) in [5, 5.41) is 8.91. The van der Waals surface area contributed by atoms with Crippen LogP contribution >= 0.6 is 0 Å². The molecule has 2 rings (SSSR count). The third-order valence-corrected chi connectivity index (χ3v) is 3.22. The first kappa shape index (κ1) is 14.3. The fraction of sp³-hybridized carbons (Fsp3) is 0.235. The Kier molecular flexibility index (Phi) is 4.91. The van der Waals surface area contributed by atoms with Crippen LogP contribution in [0.15, 0.2) is 54.6 Å². The Bertz CT molecular complexity index is 563. The maximum Gasteiger partial charge on any atom is 0.307 e. The fourth-order valence-corrected chi connectivity index (χ4v) is 2.07. The summed E-state index contributed by atoms with van der Waals surface area (Å²) >= 11 is 0. The van der Waals surface area contributed by atoms with Gasteiger partial charge in [-0.3, -0.25) is 4.79 Å². The molecule has 2 aromatic rings. The Balaban J connectivity index is 2.02. The van der Waals surface area contributed by atoms with Gasteiger partial charge in [0.2, 0.25) is 0 Å². The second-order valence-corrected chi connectivity index (χ2v) is 4.70. The lowest BCUT2D eigenvalue weighted by molar-refractivity contribution is -0.136. The van der Waals surface area contributed by atoms with Crippen molar-refractivity contribution < 1.29 is 14.6 Å². The Morgan fingerprint density at radius 1 is 1.05 bits per heavy atom. The molecule has 0 bridgehead atoms. The van der Waals surface area contributed by atoms with Crippen LogP contribution < -0.4 is 0 Å². The summed E-state index contributed by atoms with van der Waals surface area (Å²) in [6, 6.07) is 17.5. The van der Waals surface area contributed by atoms with Crippen molar-refractivity contribution in [2.75, 3.05) is 0 Å². The molecule has 0 aliphatic carbocycles. The van der Waals surface area contributed by atoms with Crippen LogP contribution in [0.25, 0.3) is 0 Å². The van der Waals surface area contributed by atoms with E-state index in [2.05, 4.69) is 0 Å². The van der Waals surface area contributed by atoms with Crippen molar-refractivity contribution in [2.45, 2.75) is 26.1 Å². The van der Waals surface area contributed by atoms with Gasteiger partial charge in [-0.1, -0.05) is 54.6 Å². The van der Waals surface area contributed by atoms with E-state index in [1.807, 2.05) is 61.5 Å². The summed E-state index contributed by atoms with van der Waals surface area (Å²) < 4.78 is 5.84. The van der Waals surface area contributed by atoms with E-state index in [1.54, 1.807) is 0 Å². The van der Waals surface area contributed by atoms with E-state index in [1.165, 1.54) is 0 Å². The summed E-state index contributed by atoms with van der Waals surface area (Å²) in [6.45, 7) is 2.41. The lowest BCUT2D eigenvalue weighted by atomic mass is 10.1. The quantitative estimate of drug-likeness (QED) is 0.872. The Hall–Kier alpha value is -2.13. The van der Waals surface area contributed by atoms with Crippen molar-refractivity contribution in [3.63, 3.8) is 0 Å². The number of carbonyl (C=O) groups is 1. The molecule has 1 N–H and O–H groups in total. The molecule has 0 fully saturated rings. The summed E-state index contributed by atoms with van der Waals surface area (Å²) in [6.07, 6.45) is 0.00767. The van der Waals surface area contributed by atoms with Crippen LogP contribution in [-0.4, -0.2) is 11.1 Å². The van der Waals surface area contributed by atoms with Gasteiger partial charge < -0.3 is 9.84 Å². The van der Waals surface area contributed by atoms with Crippen molar-refractivity contribution in [3.05, 3.63) is 71.3 Å². The van der Waals surface area contributed by atoms with Crippen LogP contribution in [0.1, 0.15) is 29.7 Å². The van der Waals surface area contributed by atoms with Gasteiger partial charge in [0, 0.05) is 0 Å². The van der Waals surface area contributed by atoms with E-state index in [-0.39, 0.29) is 12.5 Å². The number of carboxylic acid groups (broad SMARTS) is 1. The molecule has 2 aromatic carbocycles. The smallest absolute Gasteiger partial charge is 0.307 e. The molecule has 0 aromatic heterocycles. The standard InChI is InChI=1S/C17H18O3/c1-13(14-7-3-2-4-8-14)20-12-16-10-6-5-9-15(16)11-17(18)19/h2-10,13H,11-12H2,1H3,(H,18,19). The first-order chi connectivity index (χ1) is 9.66. The van der Waals surface area contributed by atoms with Crippen LogP contribution in [0, 0.1) is 0 Å². The van der Waals surface area contributed by atoms with Gasteiger partial charge in [-0.2, -0.15) is 0 Å². The fourth-order valence-electron chi connectivity index (χ4n) is 2.07. The number of rotatable bonds is 6. The van der Waals surface area contributed by atoms with E-state index in [0.29, 0.717) is 6.61 Å². The van der Waals surface area contributed by atoms with Gasteiger partial charge in [-0.15, -0.1) is 0 Å². The molecule has 0 radical (unpaired) electrons. The highest BCUT2D eigenvalue weighted by Crippen LogP contribution is 2.19. The first-order valence-corrected chi connectivity index (χ1v) is 6.62. The van der Waals surface area contributed by atoms with Crippen LogP contribution in [0.3, 0.4) is 0 Å². The lowest BCUT2D eigenvalue weighted by Crippen LogP contribution is -2.06. The van der Waals surface area contributed by atoms with Crippen LogP contribution in [0.5, 0.6) is 0 Å². The molecule has 0 saturated carbocycles. The topological polar surface area (TPSA) is 46.5 Å². The molecule has 0 amide bonds. The molecule has 0 aliphatic rings. The largest absolute Gasteiger partial charge is 0.481 e. The maximum atomic E-state index is 10.8. The SMILES string of the molecule is CC(OCc1ccccc1CC(=O)O)c1ccccc1. The second-order valence-electron chi connectivity index (χ2n) is 4.70. The minimum Gasteiger partial charge on any atom is -0.481 e. The monoisotopic (exact) mass is 270 g/mol. The third-order valence-electron chi connectivity index (χ3n) is 3.22. The molecule has 0 aliphatic heterocycles. The zero-order valence-electron chi connectivity index (χ0n) is 11.5. The van der Waals surface area contributed by atoms with E-state index in [0.717, 1.165) is 16.7 Å². The molecule has 20 heavy (non-hydrogen) atoms. The molecule has 0 spiro atoms. The zero-order chi connectivity index (χ0) is 14.4. The number of hydrogen-bond donors (Lipinski definition) is 1. The Morgan fingerprint density at radius 3 is 2.30 bits per heavy atom. The van der Waals surface area contributed by atoms with Gasteiger partial charge in [-0.25, -0.2) is 0 Å². The molecule has 0 saturated heterocycles. The van der Waals surface area contributed by atoms with Gasteiger partial charge in [0.15, 0.2) is 0 Å². The normalized spacial score (nSPS) is 12.1. The average Bonchev–Trinajstić information content (AvgIpc) is 2.46. The van der Waals surface area contributed by atoms with Gasteiger partial charge in [0.25, 0.3) is 0 Å². The Morgan fingerprint density at radius 2 is 1.65 bits per heavy atom. The second kappa shape index (κ2) is 6.87. The summed E-state index contributed by atoms with van der Waals surface area (Å²) in [5.74, 6) is -0.825. The van der Waals surface area contributed by atoms with Crippen LogP contribution in [0.4, 0.5) is 0 Å². The van der Waals surface area contributed by atoms with E-state index in [9.17, 15) is 4.79 Å². The number of ether oxygens (including phenoxy) is 1. The van der Waals surface area contributed by atoms with Gasteiger partial charge >= 0.3 is 5.97 Å². The van der Waals surface area contributed by atoms with Crippen LogP contribution in [0.2, 0.25) is 0 Å². The molecule has 1 atom stereocenters. The number of carboxylic acids is 1. The zero-order valence-corrected chi connectivity index (χ0v) is 11.5. The van der Waals surface area contributed by atoms with Gasteiger partial charge in [-0.05, 0) is 23.6 Å². The van der Waals surface area contributed by atoms with Crippen LogP contribution in [-0.2, 0) is 22.6 Å². The predicted molar refractivity (Wildman–Crippen MR) is 77.4 cm³/mol. The highest BCUT2D eigenvalue weighted by Gasteiger charge is 2.09. The molecule has 3 heteroatoms. The Labute approximate surface area is 118 Å². The molecule has 3 nitrogen and oxygen atoms in total. The van der Waals surface area contributed by atoms with Crippen molar-refractivity contribution in [1.82, 2.24) is 0 Å². The van der Waals surface area contributed by atoms with E-state index >= 15 is 0 Å². The average molecular weight is 270 g/mol. The van der Waals surface area contributed by atoms with Gasteiger partial charge in [0.05, 0.1) is 19.1 Å². The van der Waals surface area contributed by atoms with Crippen molar-refractivity contribution in [1.29, 1.82) is 0 Å². The summed E-state index contributed by atoms with van der Waals surface area (Å²) in [5.41, 5.74) is 2.85. The number of hydrogen-bond acceptors (Lipinski definition) is 2. The number of benzene rings is 2. The summed E-state index contributed by atoms with van der Waals surface area (Å²) in [4.78, 5) is 10.8. The highest BCUT2D eigenvalue weighted by molar-refractivity contribution is 5.70. The molecule has 1 unspecified atom stereocenters. The van der Waals surface area contributed by atoms with Crippen molar-refractivity contribution in [3.8, 4) is 0 Å². The summed E-state index contributed by atoms with van der Waals surface area (Å²) in [7, 11) is 0. The van der Waals surface area contributed by atoms with Crippen molar-refractivity contribution >= 4 is 5.97 Å². The first-order valence-electron chi connectivity index (χ1n) is 6.62. The van der Waals surface area contributed by atoms with E-state index < -0.39 is 5.97 Å². The lowest BCUT2D eigenvalue weighted by Gasteiger charge is -2.15. The molecule has 104 valence electrons. The molecular formula is C17H18O3. The predicted octanol–water partition coefficient (Wildman–Crippen LogP) is 3.59. The highest BCUT2D eigenvalue weighted by atomic mass is 16.5. The third kappa shape index (κ3) is 3.93. The minimum absolute atomic E-state index is 0.0194.